The lowest BCUT2D eigenvalue weighted by Gasteiger charge is -2.31. The third kappa shape index (κ3) is 3.65. The van der Waals surface area contributed by atoms with Gasteiger partial charge < -0.3 is 9.67 Å². The Kier molecular flexibility index (Phi) is 5.04. The number of benzene rings is 2. The third-order valence-electron chi connectivity index (χ3n) is 5.64. The normalized spacial score (nSPS) is 17.7. The zero-order valence-electron chi connectivity index (χ0n) is 16.2. The number of nitrogens with zero attached hydrogens (tertiary/aromatic N) is 2. The van der Waals surface area contributed by atoms with Crippen LogP contribution in [0.2, 0.25) is 0 Å². The maximum Gasteiger partial charge on any atom is 0.120 e. The highest BCUT2D eigenvalue weighted by atomic mass is 16.3. The van der Waals surface area contributed by atoms with E-state index in [-0.39, 0.29) is 6.04 Å². The summed E-state index contributed by atoms with van der Waals surface area (Å²) < 4.78 is 2.38. The third-order valence-corrected chi connectivity index (χ3v) is 5.64. The van der Waals surface area contributed by atoms with Crippen LogP contribution in [-0.4, -0.2) is 21.1 Å². The Morgan fingerprint density at radius 3 is 2.48 bits per heavy atom. The highest BCUT2D eigenvalue weighted by molar-refractivity contribution is 5.35. The summed E-state index contributed by atoms with van der Waals surface area (Å²) in [6, 6.07) is 21.4. The van der Waals surface area contributed by atoms with Gasteiger partial charge in [-0.15, -0.1) is 0 Å². The van der Waals surface area contributed by atoms with Crippen molar-refractivity contribution in [1.29, 1.82) is 0 Å². The SMILES string of the molecule is CC(C)c1ccc([C@@H]2c3cccn3CCCN2Cc2ccccc2O)cc1. The zero-order valence-corrected chi connectivity index (χ0v) is 16.2. The number of phenolic OH excluding ortho intramolecular Hbond substituents is 1. The van der Waals surface area contributed by atoms with Crippen LogP contribution in [-0.2, 0) is 13.1 Å². The lowest BCUT2D eigenvalue weighted by Crippen LogP contribution is -2.29. The van der Waals surface area contributed by atoms with Crippen molar-refractivity contribution in [3.05, 3.63) is 89.2 Å². The Hall–Kier alpha value is -2.52. The van der Waals surface area contributed by atoms with Crippen molar-refractivity contribution < 1.29 is 5.11 Å². The Balaban J connectivity index is 1.73. The molecule has 0 fully saturated rings. The molecule has 4 rings (SSSR count). The predicted molar refractivity (Wildman–Crippen MR) is 110 cm³/mol. The smallest absolute Gasteiger partial charge is 0.120 e. The van der Waals surface area contributed by atoms with E-state index in [4.69, 9.17) is 0 Å². The molecule has 1 aromatic heterocycles. The molecule has 1 aliphatic rings. The molecule has 2 heterocycles. The summed E-state index contributed by atoms with van der Waals surface area (Å²) >= 11 is 0. The van der Waals surface area contributed by atoms with Crippen molar-refractivity contribution in [3.8, 4) is 5.75 Å². The van der Waals surface area contributed by atoms with E-state index >= 15 is 0 Å². The van der Waals surface area contributed by atoms with Crippen LogP contribution in [0.25, 0.3) is 0 Å². The molecule has 140 valence electrons. The molecule has 0 radical (unpaired) electrons. The number of rotatable bonds is 4. The number of hydrogen-bond acceptors (Lipinski definition) is 2. The highest BCUT2D eigenvalue weighted by Gasteiger charge is 2.27. The van der Waals surface area contributed by atoms with Crippen molar-refractivity contribution >= 4 is 0 Å². The number of aryl methyl sites for hydroxylation is 1. The summed E-state index contributed by atoms with van der Waals surface area (Å²) in [5.74, 6) is 0.917. The maximum atomic E-state index is 10.3. The summed E-state index contributed by atoms with van der Waals surface area (Å²) in [7, 11) is 0. The molecule has 3 nitrogen and oxygen atoms in total. The molecule has 3 heteroatoms. The first-order chi connectivity index (χ1) is 13.1. The summed E-state index contributed by atoms with van der Waals surface area (Å²) in [5, 5.41) is 10.3. The van der Waals surface area contributed by atoms with Gasteiger partial charge in [-0.3, -0.25) is 4.90 Å². The fourth-order valence-corrected chi connectivity index (χ4v) is 4.12. The van der Waals surface area contributed by atoms with Gasteiger partial charge in [-0.1, -0.05) is 56.3 Å². The summed E-state index contributed by atoms with van der Waals surface area (Å²) in [6.07, 6.45) is 3.30. The minimum atomic E-state index is 0.198. The molecule has 1 N–H and O–H groups in total. The van der Waals surface area contributed by atoms with E-state index in [0.29, 0.717) is 11.7 Å². The Bertz CT molecular complexity index is 895. The topological polar surface area (TPSA) is 28.4 Å². The van der Waals surface area contributed by atoms with Crippen LogP contribution < -0.4 is 0 Å². The van der Waals surface area contributed by atoms with Crippen molar-refractivity contribution in [3.63, 3.8) is 0 Å². The van der Waals surface area contributed by atoms with Crippen LogP contribution in [0.15, 0.2) is 66.9 Å². The second-order valence-corrected chi connectivity index (χ2v) is 7.80. The molecule has 1 aliphatic heterocycles. The van der Waals surface area contributed by atoms with Gasteiger partial charge in [0.25, 0.3) is 0 Å². The van der Waals surface area contributed by atoms with E-state index < -0.39 is 0 Å². The van der Waals surface area contributed by atoms with E-state index in [2.05, 4.69) is 65.9 Å². The number of para-hydroxylation sites is 1. The fraction of sp³-hybridized carbons (Fsp3) is 0.333. The first kappa shape index (κ1) is 17.9. The van der Waals surface area contributed by atoms with Gasteiger partial charge in [0, 0.05) is 37.1 Å². The van der Waals surface area contributed by atoms with Crippen LogP contribution in [0.4, 0.5) is 0 Å². The number of fused-ring (bicyclic) bond motifs is 1. The Morgan fingerprint density at radius 1 is 0.963 bits per heavy atom. The van der Waals surface area contributed by atoms with Gasteiger partial charge in [-0.25, -0.2) is 0 Å². The molecular weight excluding hydrogens is 332 g/mol. The minimum Gasteiger partial charge on any atom is -0.508 e. The van der Waals surface area contributed by atoms with E-state index in [0.717, 1.165) is 31.6 Å². The van der Waals surface area contributed by atoms with Crippen molar-refractivity contribution in [2.45, 2.75) is 45.3 Å². The molecule has 0 saturated carbocycles. The van der Waals surface area contributed by atoms with Gasteiger partial charge in [-0.2, -0.15) is 0 Å². The quantitative estimate of drug-likeness (QED) is 0.683. The van der Waals surface area contributed by atoms with Crippen LogP contribution in [0.3, 0.4) is 0 Å². The highest BCUT2D eigenvalue weighted by Crippen LogP contribution is 2.34. The van der Waals surface area contributed by atoms with E-state index in [1.165, 1.54) is 16.8 Å². The molecule has 0 amide bonds. The number of aromatic nitrogens is 1. The molecule has 0 bridgehead atoms. The van der Waals surface area contributed by atoms with Gasteiger partial charge in [-0.05, 0) is 41.7 Å². The summed E-state index contributed by atoms with van der Waals surface area (Å²) in [5.41, 5.74) is 5.01. The van der Waals surface area contributed by atoms with Gasteiger partial charge in [0.15, 0.2) is 0 Å². The van der Waals surface area contributed by atoms with Crippen LogP contribution in [0, 0.1) is 0 Å². The largest absolute Gasteiger partial charge is 0.508 e. The Morgan fingerprint density at radius 2 is 1.74 bits per heavy atom. The molecule has 1 atom stereocenters. The van der Waals surface area contributed by atoms with Crippen LogP contribution in [0.5, 0.6) is 5.75 Å². The molecule has 0 saturated heterocycles. The average Bonchev–Trinajstić information content (AvgIpc) is 3.05. The minimum absolute atomic E-state index is 0.198. The van der Waals surface area contributed by atoms with Gasteiger partial charge in [0.1, 0.15) is 5.75 Å². The van der Waals surface area contributed by atoms with Crippen molar-refractivity contribution in [2.75, 3.05) is 6.54 Å². The zero-order chi connectivity index (χ0) is 18.8. The van der Waals surface area contributed by atoms with Crippen LogP contribution >= 0.6 is 0 Å². The molecular formula is C24H28N2O. The average molecular weight is 361 g/mol. The summed E-state index contributed by atoms with van der Waals surface area (Å²) in [6.45, 7) is 7.26. The molecule has 3 aromatic rings. The molecule has 27 heavy (non-hydrogen) atoms. The van der Waals surface area contributed by atoms with E-state index in [1.807, 2.05) is 18.2 Å². The fourth-order valence-electron chi connectivity index (χ4n) is 4.12. The lowest BCUT2D eigenvalue weighted by molar-refractivity contribution is 0.218. The Labute approximate surface area is 161 Å². The number of aromatic hydroxyl groups is 1. The first-order valence-corrected chi connectivity index (χ1v) is 9.89. The van der Waals surface area contributed by atoms with Gasteiger partial charge in [0.05, 0.1) is 6.04 Å². The molecule has 2 aromatic carbocycles. The second kappa shape index (κ2) is 7.61. The standard InChI is InChI=1S/C24H28N2O/c1-18(2)19-10-12-20(13-11-19)24-22-8-5-14-25(22)15-6-16-26(24)17-21-7-3-4-9-23(21)27/h3-5,7-14,18,24,27H,6,15-17H2,1-2H3/t24-/m1/s1. The number of hydrogen-bond donors (Lipinski definition) is 1. The van der Waals surface area contributed by atoms with Gasteiger partial charge >= 0.3 is 0 Å². The second-order valence-electron chi connectivity index (χ2n) is 7.80. The molecule has 0 aliphatic carbocycles. The van der Waals surface area contributed by atoms with Crippen molar-refractivity contribution in [1.82, 2.24) is 9.47 Å². The lowest BCUT2D eigenvalue weighted by atomic mass is 9.96. The predicted octanol–water partition coefficient (Wildman–Crippen LogP) is 5.31. The molecule has 0 unspecified atom stereocenters. The monoisotopic (exact) mass is 360 g/mol. The maximum absolute atomic E-state index is 10.3. The number of phenols is 1. The molecule has 0 spiro atoms. The van der Waals surface area contributed by atoms with Gasteiger partial charge in [0.2, 0.25) is 0 Å². The summed E-state index contributed by atoms with van der Waals surface area (Å²) in [4.78, 5) is 2.50. The first-order valence-electron chi connectivity index (χ1n) is 9.89. The van der Waals surface area contributed by atoms with E-state index in [1.54, 1.807) is 6.07 Å². The van der Waals surface area contributed by atoms with Crippen molar-refractivity contribution in [2.24, 2.45) is 0 Å². The van der Waals surface area contributed by atoms with E-state index in [9.17, 15) is 5.11 Å². The van der Waals surface area contributed by atoms with Crippen LogP contribution in [0.1, 0.15) is 54.6 Å².